The maximum absolute atomic E-state index is 13.6. The van der Waals surface area contributed by atoms with Crippen molar-refractivity contribution in [2.75, 3.05) is 4.90 Å². The monoisotopic (exact) mass is 476 g/mol. The Morgan fingerprint density at radius 1 is 0.941 bits per heavy atom. The average molecular weight is 477 g/mol. The predicted molar refractivity (Wildman–Crippen MR) is 129 cm³/mol. The molecular formula is C26H24N2O5S. The summed E-state index contributed by atoms with van der Waals surface area (Å²) >= 11 is 0. The van der Waals surface area contributed by atoms with Gasteiger partial charge in [-0.1, -0.05) is 56.3 Å². The number of aliphatic hydroxyl groups excluding tert-OH is 1. The Kier molecular flexibility index (Phi) is 6.01. The number of carbonyl (C=O) groups excluding carboxylic acids is 2. The van der Waals surface area contributed by atoms with E-state index >= 15 is 0 Å². The van der Waals surface area contributed by atoms with Crippen molar-refractivity contribution in [1.82, 2.24) is 0 Å². The zero-order chi connectivity index (χ0) is 24.6. The standard InChI is InChI=1S/C26H24N2O5S/c1-16(2)17-8-10-18(11-9-17)22-24(34(32,33)21-6-4-3-5-7-21)23(29)26(31)28(22)20-14-12-19(13-15-20)25(27)30/h3-16,22,29H,1-2H3,(H2,27,30). The van der Waals surface area contributed by atoms with E-state index in [1.165, 1.54) is 41.3 Å². The van der Waals surface area contributed by atoms with Gasteiger partial charge in [0.05, 0.1) is 4.90 Å². The van der Waals surface area contributed by atoms with Gasteiger partial charge in [0.25, 0.3) is 5.91 Å². The lowest BCUT2D eigenvalue weighted by atomic mass is 9.98. The number of rotatable bonds is 6. The number of nitrogens with two attached hydrogens (primary N) is 1. The summed E-state index contributed by atoms with van der Waals surface area (Å²) in [5.74, 6) is -2.05. The molecule has 1 aliphatic rings. The molecule has 3 aromatic rings. The van der Waals surface area contributed by atoms with Gasteiger partial charge in [0.1, 0.15) is 10.9 Å². The summed E-state index contributed by atoms with van der Waals surface area (Å²) in [7, 11) is -4.21. The van der Waals surface area contributed by atoms with Crippen LogP contribution < -0.4 is 10.6 Å². The number of amides is 2. The van der Waals surface area contributed by atoms with E-state index in [-0.39, 0.29) is 21.3 Å². The van der Waals surface area contributed by atoms with Crippen LogP contribution >= 0.6 is 0 Å². The Morgan fingerprint density at radius 3 is 2.06 bits per heavy atom. The Balaban J connectivity index is 1.90. The second-order valence-electron chi connectivity index (χ2n) is 8.34. The number of benzene rings is 3. The minimum absolute atomic E-state index is 0.0286. The third-order valence-electron chi connectivity index (χ3n) is 5.85. The summed E-state index contributed by atoms with van der Waals surface area (Å²) in [4.78, 5) is 25.5. The fourth-order valence-corrected chi connectivity index (χ4v) is 5.65. The minimum atomic E-state index is -4.21. The molecule has 1 atom stereocenters. The molecular weight excluding hydrogens is 452 g/mol. The molecule has 7 nitrogen and oxygen atoms in total. The normalized spacial score (nSPS) is 16.4. The first-order valence-electron chi connectivity index (χ1n) is 10.7. The van der Waals surface area contributed by atoms with E-state index in [4.69, 9.17) is 5.73 Å². The lowest BCUT2D eigenvalue weighted by molar-refractivity contribution is -0.117. The van der Waals surface area contributed by atoms with Crippen LogP contribution in [0.5, 0.6) is 0 Å². The van der Waals surface area contributed by atoms with E-state index in [2.05, 4.69) is 0 Å². The molecule has 2 amide bonds. The molecule has 1 heterocycles. The van der Waals surface area contributed by atoms with E-state index in [1.807, 2.05) is 26.0 Å². The smallest absolute Gasteiger partial charge is 0.295 e. The number of sulfone groups is 1. The second kappa shape index (κ2) is 8.79. The molecule has 1 aliphatic heterocycles. The molecule has 0 aliphatic carbocycles. The molecule has 3 N–H and O–H groups in total. The Labute approximate surface area is 198 Å². The van der Waals surface area contributed by atoms with Crippen molar-refractivity contribution in [1.29, 1.82) is 0 Å². The van der Waals surface area contributed by atoms with Crippen molar-refractivity contribution in [3.05, 3.63) is 106 Å². The van der Waals surface area contributed by atoms with Crippen molar-refractivity contribution >= 4 is 27.3 Å². The number of nitrogens with zero attached hydrogens (tertiary/aromatic N) is 1. The van der Waals surface area contributed by atoms with Crippen molar-refractivity contribution < 1.29 is 23.1 Å². The maximum Gasteiger partial charge on any atom is 0.295 e. The van der Waals surface area contributed by atoms with Gasteiger partial charge in [-0.25, -0.2) is 8.42 Å². The first-order valence-corrected chi connectivity index (χ1v) is 12.2. The topological polar surface area (TPSA) is 118 Å². The highest BCUT2D eigenvalue weighted by Gasteiger charge is 2.47. The van der Waals surface area contributed by atoms with Gasteiger partial charge >= 0.3 is 0 Å². The Bertz CT molecular complexity index is 1380. The Hall–Kier alpha value is -3.91. The molecule has 8 heteroatoms. The largest absolute Gasteiger partial charge is 0.502 e. The first kappa shape index (κ1) is 23.3. The van der Waals surface area contributed by atoms with Crippen LogP contribution in [-0.4, -0.2) is 25.3 Å². The molecule has 0 aromatic heterocycles. The summed E-state index contributed by atoms with van der Waals surface area (Å²) in [5, 5.41) is 10.8. The number of hydrogen-bond acceptors (Lipinski definition) is 5. The molecule has 0 bridgehead atoms. The molecule has 0 saturated carbocycles. The van der Waals surface area contributed by atoms with Crippen LogP contribution in [0, 0.1) is 0 Å². The lowest BCUT2D eigenvalue weighted by Crippen LogP contribution is -2.31. The lowest BCUT2D eigenvalue weighted by Gasteiger charge is -2.27. The SMILES string of the molecule is CC(C)c1ccc(C2C(S(=O)(=O)c3ccccc3)=C(O)C(=O)N2c2ccc(C(N)=O)cc2)cc1. The Morgan fingerprint density at radius 2 is 1.53 bits per heavy atom. The number of aliphatic hydroxyl groups is 1. The summed E-state index contributed by atoms with van der Waals surface area (Å²) in [6, 6.07) is 19.7. The van der Waals surface area contributed by atoms with Crippen molar-refractivity contribution in [2.45, 2.75) is 30.7 Å². The average Bonchev–Trinajstić information content (AvgIpc) is 3.10. The van der Waals surface area contributed by atoms with Crippen LogP contribution in [0.4, 0.5) is 5.69 Å². The van der Waals surface area contributed by atoms with Crippen LogP contribution in [0.2, 0.25) is 0 Å². The third-order valence-corrected chi connectivity index (χ3v) is 7.74. The quantitative estimate of drug-likeness (QED) is 0.552. The number of anilines is 1. The second-order valence-corrected chi connectivity index (χ2v) is 10.3. The zero-order valence-electron chi connectivity index (χ0n) is 18.7. The highest BCUT2D eigenvalue weighted by molar-refractivity contribution is 7.95. The molecule has 1 unspecified atom stereocenters. The summed E-state index contributed by atoms with van der Waals surface area (Å²) in [5.41, 5.74) is 7.45. The van der Waals surface area contributed by atoms with E-state index in [0.717, 1.165) is 5.56 Å². The van der Waals surface area contributed by atoms with Crippen molar-refractivity contribution in [2.24, 2.45) is 5.73 Å². The van der Waals surface area contributed by atoms with E-state index in [1.54, 1.807) is 30.3 Å². The molecule has 3 aromatic carbocycles. The first-order chi connectivity index (χ1) is 16.1. The summed E-state index contributed by atoms with van der Waals surface area (Å²) < 4.78 is 27.2. The van der Waals surface area contributed by atoms with E-state index < -0.39 is 33.5 Å². The third kappa shape index (κ3) is 3.97. The zero-order valence-corrected chi connectivity index (χ0v) is 19.5. The number of hydrogen-bond donors (Lipinski definition) is 2. The molecule has 0 fully saturated rings. The van der Waals surface area contributed by atoms with Gasteiger partial charge < -0.3 is 10.8 Å². The molecule has 174 valence electrons. The van der Waals surface area contributed by atoms with Crippen LogP contribution in [-0.2, 0) is 14.6 Å². The molecule has 0 radical (unpaired) electrons. The molecule has 0 saturated heterocycles. The van der Waals surface area contributed by atoms with Crippen molar-refractivity contribution in [3.63, 3.8) is 0 Å². The molecule has 34 heavy (non-hydrogen) atoms. The van der Waals surface area contributed by atoms with Crippen LogP contribution in [0.1, 0.15) is 47.3 Å². The van der Waals surface area contributed by atoms with Crippen LogP contribution in [0.25, 0.3) is 0 Å². The van der Waals surface area contributed by atoms with Gasteiger partial charge in [0, 0.05) is 11.3 Å². The van der Waals surface area contributed by atoms with Gasteiger partial charge in [0.15, 0.2) is 5.76 Å². The van der Waals surface area contributed by atoms with Crippen molar-refractivity contribution in [3.8, 4) is 0 Å². The highest BCUT2D eigenvalue weighted by atomic mass is 32.2. The number of carbonyl (C=O) groups is 2. The highest BCUT2D eigenvalue weighted by Crippen LogP contribution is 2.45. The van der Waals surface area contributed by atoms with Gasteiger partial charge in [-0.05, 0) is 53.4 Å². The van der Waals surface area contributed by atoms with Gasteiger partial charge in [0.2, 0.25) is 15.7 Å². The fourth-order valence-electron chi connectivity index (χ4n) is 4.00. The number of primary amides is 1. The fraction of sp³-hybridized carbons (Fsp3) is 0.154. The summed E-state index contributed by atoms with van der Waals surface area (Å²) in [6.07, 6.45) is 0. The van der Waals surface area contributed by atoms with Gasteiger partial charge in [-0.2, -0.15) is 0 Å². The van der Waals surface area contributed by atoms with Gasteiger partial charge in [-0.3, -0.25) is 14.5 Å². The van der Waals surface area contributed by atoms with Crippen LogP contribution in [0.3, 0.4) is 0 Å². The minimum Gasteiger partial charge on any atom is -0.502 e. The molecule has 0 spiro atoms. The summed E-state index contributed by atoms with van der Waals surface area (Å²) in [6.45, 7) is 4.08. The predicted octanol–water partition coefficient (Wildman–Crippen LogP) is 4.24. The van der Waals surface area contributed by atoms with E-state index in [9.17, 15) is 23.1 Å². The van der Waals surface area contributed by atoms with Crippen LogP contribution in [0.15, 0.2) is 94.4 Å². The van der Waals surface area contributed by atoms with Gasteiger partial charge in [-0.15, -0.1) is 0 Å². The maximum atomic E-state index is 13.6. The van der Waals surface area contributed by atoms with E-state index in [0.29, 0.717) is 11.3 Å². The molecule has 4 rings (SSSR count).